The second-order valence-corrected chi connectivity index (χ2v) is 8.41. The maximum atomic E-state index is 13.2. The number of methoxy groups -OCH3 is 1. The molecule has 0 unspecified atom stereocenters. The molecule has 1 aromatic rings. The molecule has 0 radical (unpaired) electrons. The standard InChI is InChI=1S/C21H30N4O4/c1-15(2)22-20(28)25-10-9-24(13-21(14-25)11-18(26)23(3)12-21)19(27)16-5-7-17(29-4)8-6-16/h5-8,15H,9-14H2,1-4H3,(H,22,28)/t21-/m1/s1. The zero-order valence-corrected chi connectivity index (χ0v) is 17.6. The summed E-state index contributed by atoms with van der Waals surface area (Å²) >= 11 is 0. The Labute approximate surface area is 171 Å². The smallest absolute Gasteiger partial charge is 0.317 e. The van der Waals surface area contributed by atoms with Gasteiger partial charge in [-0.15, -0.1) is 0 Å². The van der Waals surface area contributed by atoms with Crippen LogP contribution in [0.5, 0.6) is 5.75 Å². The fourth-order valence-corrected chi connectivity index (χ4v) is 4.18. The van der Waals surface area contributed by atoms with Crippen LogP contribution in [0.3, 0.4) is 0 Å². The van der Waals surface area contributed by atoms with Gasteiger partial charge >= 0.3 is 6.03 Å². The Balaban J connectivity index is 1.84. The fourth-order valence-electron chi connectivity index (χ4n) is 4.18. The van der Waals surface area contributed by atoms with Gasteiger partial charge in [0.15, 0.2) is 0 Å². The van der Waals surface area contributed by atoms with E-state index in [4.69, 9.17) is 4.74 Å². The highest BCUT2D eigenvalue weighted by Gasteiger charge is 2.47. The SMILES string of the molecule is COc1ccc(C(=O)N2CCN(C(=O)NC(C)C)C[C@@]3(CC(=O)N(C)C3)C2)cc1. The minimum Gasteiger partial charge on any atom is -0.497 e. The Kier molecular flexibility index (Phi) is 6.00. The lowest BCUT2D eigenvalue weighted by atomic mass is 9.86. The lowest BCUT2D eigenvalue weighted by Crippen LogP contribution is -2.49. The van der Waals surface area contributed by atoms with Gasteiger partial charge in [-0.1, -0.05) is 0 Å². The minimum atomic E-state index is -0.460. The summed E-state index contributed by atoms with van der Waals surface area (Å²) in [6.07, 6.45) is 0.335. The summed E-state index contributed by atoms with van der Waals surface area (Å²) < 4.78 is 5.17. The van der Waals surface area contributed by atoms with Gasteiger partial charge in [0.25, 0.3) is 5.91 Å². The first-order valence-electron chi connectivity index (χ1n) is 9.96. The molecule has 0 saturated carbocycles. The van der Waals surface area contributed by atoms with Crippen LogP contribution in [0.4, 0.5) is 4.79 Å². The highest BCUT2D eigenvalue weighted by molar-refractivity contribution is 5.94. The van der Waals surface area contributed by atoms with Crippen molar-refractivity contribution >= 4 is 17.8 Å². The summed E-state index contributed by atoms with van der Waals surface area (Å²) in [4.78, 5) is 43.4. The minimum absolute atomic E-state index is 0.0200. The van der Waals surface area contributed by atoms with Crippen LogP contribution in [0, 0.1) is 5.41 Å². The van der Waals surface area contributed by atoms with Crippen LogP contribution in [0.25, 0.3) is 0 Å². The van der Waals surface area contributed by atoms with Gasteiger partial charge in [-0.2, -0.15) is 0 Å². The van der Waals surface area contributed by atoms with E-state index >= 15 is 0 Å². The molecular weight excluding hydrogens is 372 g/mol. The number of nitrogens with zero attached hydrogens (tertiary/aromatic N) is 3. The van der Waals surface area contributed by atoms with E-state index in [9.17, 15) is 14.4 Å². The summed E-state index contributed by atoms with van der Waals surface area (Å²) in [6, 6.07) is 6.88. The number of amides is 4. The van der Waals surface area contributed by atoms with Gasteiger partial charge in [-0.25, -0.2) is 4.79 Å². The van der Waals surface area contributed by atoms with Crippen LogP contribution in [0.2, 0.25) is 0 Å². The van der Waals surface area contributed by atoms with E-state index < -0.39 is 5.41 Å². The van der Waals surface area contributed by atoms with E-state index in [0.717, 1.165) is 0 Å². The third-order valence-electron chi connectivity index (χ3n) is 5.54. The van der Waals surface area contributed by atoms with E-state index in [1.807, 2.05) is 13.8 Å². The normalized spacial score (nSPS) is 22.2. The molecule has 2 aliphatic heterocycles. The van der Waals surface area contributed by atoms with Gasteiger partial charge in [0.05, 0.1) is 7.11 Å². The fraction of sp³-hybridized carbons (Fsp3) is 0.571. The van der Waals surface area contributed by atoms with Crippen molar-refractivity contribution in [3.05, 3.63) is 29.8 Å². The largest absolute Gasteiger partial charge is 0.497 e. The number of rotatable bonds is 3. The van der Waals surface area contributed by atoms with E-state index in [1.165, 1.54) is 0 Å². The third kappa shape index (κ3) is 4.63. The van der Waals surface area contributed by atoms with Crippen molar-refractivity contribution in [1.29, 1.82) is 0 Å². The quantitative estimate of drug-likeness (QED) is 0.829. The molecule has 1 N–H and O–H groups in total. The highest BCUT2D eigenvalue weighted by atomic mass is 16.5. The van der Waals surface area contributed by atoms with Gasteiger partial charge in [0, 0.05) is 63.2 Å². The molecule has 2 aliphatic rings. The monoisotopic (exact) mass is 402 g/mol. The van der Waals surface area contributed by atoms with Crippen molar-refractivity contribution in [2.45, 2.75) is 26.3 Å². The predicted octanol–water partition coefficient (Wildman–Crippen LogP) is 1.42. The molecule has 29 heavy (non-hydrogen) atoms. The average molecular weight is 402 g/mol. The summed E-state index contributed by atoms with van der Waals surface area (Å²) in [5.74, 6) is 0.640. The summed E-state index contributed by atoms with van der Waals surface area (Å²) in [6.45, 7) is 6.11. The molecule has 8 nitrogen and oxygen atoms in total. The third-order valence-corrected chi connectivity index (χ3v) is 5.54. The number of urea groups is 1. The van der Waals surface area contributed by atoms with Gasteiger partial charge in [0.1, 0.15) is 5.75 Å². The summed E-state index contributed by atoms with van der Waals surface area (Å²) in [7, 11) is 3.36. The Morgan fingerprint density at radius 2 is 1.69 bits per heavy atom. The van der Waals surface area contributed by atoms with Crippen molar-refractivity contribution in [2.75, 3.05) is 46.9 Å². The number of likely N-dealkylation sites (tertiary alicyclic amines) is 1. The van der Waals surface area contributed by atoms with Crippen LogP contribution in [0.1, 0.15) is 30.6 Å². The molecule has 8 heteroatoms. The lowest BCUT2D eigenvalue weighted by Gasteiger charge is -2.33. The van der Waals surface area contributed by atoms with Crippen molar-refractivity contribution in [3.63, 3.8) is 0 Å². The molecule has 3 rings (SSSR count). The van der Waals surface area contributed by atoms with Crippen LogP contribution in [0.15, 0.2) is 24.3 Å². The number of carbonyl (C=O) groups excluding carboxylic acids is 3. The van der Waals surface area contributed by atoms with Crippen LogP contribution in [-0.2, 0) is 4.79 Å². The number of carbonyl (C=O) groups is 3. The molecular formula is C21H30N4O4. The molecule has 1 atom stereocenters. The average Bonchev–Trinajstić information content (AvgIpc) is 2.84. The van der Waals surface area contributed by atoms with E-state index in [1.54, 1.807) is 53.1 Å². The molecule has 0 aromatic heterocycles. The Bertz CT molecular complexity index is 779. The second kappa shape index (κ2) is 8.31. The zero-order valence-electron chi connectivity index (χ0n) is 17.6. The summed E-state index contributed by atoms with van der Waals surface area (Å²) in [5, 5.41) is 2.93. The van der Waals surface area contributed by atoms with Crippen LogP contribution in [-0.4, -0.2) is 85.5 Å². The number of hydrogen-bond acceptors (Lipinski definition) is 4. The molecule has 158 valence electrons. The molecule has 2 heterocycles. The van der Waals surface area contributed by atoms with Crippen molar-refractivity contribution in [3.8, 4) is 5.75 Å². The Morgan fingerprint density at radius 3 is 2.24 bits per heavy atom. The maximum Gasteiger partial charge on any atom is 0.317 e. The molecule has 2 saturated heterocycles. The number of benzene rings is 1. The first-order valence-corrected chi connectivity index (χ1v) is 9.96. The predicted molar refractivity (Wildman–Crippen MR) is 109 cm³/mol. The van der Waals surface area contributed by atoms with E-state index in [0.29, 0.717) is 50.5 Å². The number of nitrogens with one attached hydrogen (secondary N) is 1. The Hall–Kier alpha value is -2.77. The highest BCUT2D eigenvalue weighted by Crippen LogP contribution is 2.35. The summed E-state index contributed by atoms with van der Waals surface area (Å²) in [5.41, 5.74) is 0.109. The number of hydrogen-bond donors (Lipinski definition) is 1. The molecule has 1 aromatic carbocycles. The van der Waals surface area contributed by atoms with E-state index in [-0.39, 0.29) is 23.9 Å². The lowest BCUT2D eigenvalue weighted by molar-refractivity contribution is -0.126. The first-order chi connectivity index (χ1) is 13.7. The zero-order chi connectivity index (χ0) is 21.2. The van der Waals surface area contributed by atoms with Crippen molar-refractivity contribution in [1.82, 2.24) is 20.0 Å². The van der Waals surface area contributed by atoms with Gasteiger partial charge < -0.3 is 24.8 Å². The number of ether oxygens (including phenoxy) is 1. The molecule has 2 fully saturated rings. The molecule has 0 aliphatic carbocycles. The molecule has 4 amide bonds. The molecule has 1 spiro atoms. The second-order valence-electron chi connectivity index (χ2n) is 8.41. The van der Waals surface area contributed by atoms with Crippen molar-refractivity contribution < 1.29 is 19.1 Å². The van der Waals surface area contributed by atoms with Crippen molar-refractivity contribution in [2.24, 2.45) is 5.41 Å². The molecule has 0 bridgehead atoms. The Morgan fingerprint density at radius 1 is 1.07 bits per heavy atom. The maximum absolute atomic E-state index is 13.2. The van der Waals surface area contributed by atoms with Crippen LogP contribution < -0.4 is 10.1 Å². The van der Waals surface area contributed by atoms with Gasteiger partial charge in [-0.3, -0.25) is 9.59 Å². The van der Waals surface area contributed by atoms with Gasteiger partial charge in [0.2, 0.25) is 5.91 Å². The first kappa shape index (κ1) is 21.0. The van der Waals surface area contributed by atoms with E-state index in [2.05, 4.69) is 5.32 Å². The topological polar surface area (TPSA) is 82.2 Å². The van der Waals surface area contributed by atoms with Gasteiger partial charge in [-0.05, 0) is 38.1 Å². The van der Waals surface area contributed by atoms with Crippen LogP contribution >= 0.6 is 0 Å².